The summed E-state index contributed by atoms with van der Waals surface area (Å²) in [6.45, 7) is 5.74. The van der Waals surface area contributed by atoms with Crippen LogP contribution < -0.4 is 0 Å². The summed E-state index contributed by atoms with van der Waals surface area (Å²) in [7, 11) is -4.81. The lowest BCUT2D eigenvalue weighted by atomic mass is 10.0. The van der Waals surface area contributed by atoms with Gasteiger partial charge in [-0.15, -0.1) is 0 Å². The number of phosphoric acid groups is 1. The topological polar surface area (TPSA) is 136 Å². The minimum atomic E-state index is -4.81. The fourth-order valence-corrected chi connectivity index (χ4v) is 5.46. The number of rotatable bonds is 34. The van der Waals surface area contributed by atoms with Crippen molar-refractivity contribution in [2.24, 2.45) is 5.92 Å². The van der Waals surface area contributed by atoms with E-state index in [4.69, 9.17) is 19.3 Å². The van der Waals surface area contributed by atoms with E-state index in [0.717, 1.165) is 44.4 Å². The number of esters is 2. The summed E-state index contributed by atoms with van der Waals surface area (Å²) >= 11 is 0. The minimum absolute atomic E-state index is 0.0222. The summed E-state index contributed by atoms with van der Waals surface area (Å²) < 4.78 is 26.1. The zero-order chi connectivity index (χ0) is 37.1. The van der Waals surface area contributed by atoms with Crippen molar-refractivity contribution in [1.82, 2.24) is 0 Å². The zero-order valence-corrected chi connectivity index (χ0v) is 32.3. The first-order chi connectivity index (χ1) is 24.0. The van der Waals surface area contributed by atoms with Crippen molar-refractivity contribution in [3.8, 4) is 0 Å². The van der Waals surface area contributed by atoms with E-state index in [0.29, 0.717) is 6.42 Å². The van der Waals surface area contributed by atoms with Gasteiger partial charge >= 0.3 is 19.8 Å². The molecule has 0 unspecified atom stereocenters. The molecule has 0 saturated heterocycles. The Morgan fingerprint density at radius 1 is 0.640 bits per heavy atom. The van der Waals surface area contributed by atoms with E-state index in [2.05, 4.69) is 49.6 Å². The smallest absolute Gasteiger partial charge is 0.462 e. The lowest BCUT2D eigenvalue weighted by molar-refractivity contribution is -0.161. The Balaban J connectivity index is 4.17. The Morgan fingerprint density at radius 3 is 1.84 bits per heavy atom. The van der Waals surface area contributed by atoms with E-state index in [1.807, 2.05) is 12.2 Å². The zero-order valence-electron chi connectivity index (χ0n) is 31.4. The van der Waals surface area contributed by atoms with Crippen molar-refractivity contribution in [2.75, 3.05) is 13.2 Å². The second kappa shape index (κ2) is 33.8. The quantitative estimate of drug-likeness (QED) is 0.0166. The van der Waals surface area contributed by atoms with Gasteiger partial charge in [-0.05, 0) is 50.5 Å². The van der Waals surface area contributed by atoms with Crippen molar-refractivity contribution in [3.05, 3.63) is 48.6 Å². The average Bonchev–Trinajstić information content (AvgIpc) is 3.06. The third-order valence-corrected chi connectivity index (χ3v) is 8.49. The van der Waals surface area contributed by atoms with Crippen LogP contribution in [0.3, 0.4) is 0 Å². The van der Waals surface area contributed by atoms with Crippen LogP contribution in [0.5, 0.6) is 0 Å². The molecule has 0 heterocycles. The number of ketones is 1. The molecule has 9 nitrogen and oxygen atoms in total. The summed E-state index contributed by atoms with van der Waals surface area (Å²) in [6, 6.07) is 0. The summed E-state index contributed by atoms with van der Waals surface area (Å²) in [5, 5.41) is 0. The van der Waals surface area contributed by atoms with E-state index in [1.54, 1.807) is 6.08 Å². The maximum Gasteiger partial charge on any atom is 0.469 e. The van der Waals surface area contributed by atoms with Gasteiger partial charge in [-0.25, -0.2) is 4.57 Å². The van der Waals surface area contributed by atoms with Gasteiger partial charge in [-0.3, -0.25) is 18.9 Å². The Bertz CT molecular complexity index is 1030. The molecule has 0 bridgehead atoms. The minimum Gasteiger partial charge on any atom is -0.462 e. The molecular weight excluding hydrogens is 655 g/mol. The number of carbonyl (C=O) groups excluding carboxylic acids is 3. The average molecular weight is 725 g/mol. The second-order valence-electron chi connectivity index (χ2n) is 13.4. The first-order valence-electron chi connectivity index (χ1n) is 19.2. The molecule has 0 aromatic carbocycles. The highest BCUT2D eigenvalue weighted by Crippen LogP contribution is 2.36. The van der Waals surface area contributed by atoms with Crippen LogP contribution in [0.1, 0.15) is 162 Å². The van der Waals surface area contributed by atoms with E-state index >= 15 is 0 Å². The molecule has 10 heteroatoms. The van der Waals surface area contributed by atoms with Gasteiger partial charge in [0.25, 0.3) is 0 Å². The number of unbranched alkanes of at least 4 members (excludes halogenated alkanes) is 13. The van der Waals surface area contributed by atoms with Gasteiger partial charge in [-0.2, -0.15) is 0 Å². The van der Waals surface area contributed by atoms with Crippen LogP contribution in [-0.2, 0) is 32.9 Å². The van der Waals surface area contributed by atoms with Crippen LogP contribution in [0.25, 0.3) is 0 Å². The number of allylic oxidation sites excluding steroid dienone is 8. The predicted octanol–water partition coefficient (Wildman–Crippen LogP) is 10.6. The Labute approximate surface area is 303 Å². The predicted molar refractivity (Wildman–Crippen MR) is 202 cm³/mol. The molecule has 0 fully saturated rings. The van der Waals surface area contributed by atoms with E-state index in [-0.39, 0.29) is 31.5 Å². The molecule has 0 aromatic rings. The fourth-order valence-electron chi connectivity index (χ4n) is 5.10. The third-order valence-electron chi connectivity index (χ3n) is 8.00. The molecule has 0 aliphatic carbocycles. The molecule has 2 N–H and O–H groups in total. The maximum absolute atomic E-state index is 12.4. The summed E-state index contributed by atoms with van der Waals surface area (Å²) in [5.74, 6) is -0.461. The summed E-state index contributed by atoms with van der Waals surface area (Å²) in [6.07, 6.45) is 35.6. The van der Waals surface area contributed by atoms with Gasteiger partial charge in [-0.1, -0.05) is 147 Å². The van der Waals surface area contributed by atoms with Gasteiger partial charge in [0.2, 0.25) is 0 Å². The molecule has 0 rings (SSSR count). The van der Waals surface area contributed by atoms with Gasteiger partial charge in [0.05, 0.1) is 6.61 Å². The van der Waals surface area contributed by atoms with Crippen LogP contribution in [0.15, 0.2) is 48.6 Å². The summed E-state index contributed by atoms with van der Waals surface area (Å²) in [4.78, 5) is 54.8. The molecule has 288 valence electrons. The third kappa shape index (κ3) is 36.9. The molecule has 0 amide bonds. The molecule has 0 saturated carbocycles. The Morgan fingerprint density at radius 2 is 1.22 bits per heavy atom. The number of ether oxygens (including phenoxy) is 2. The molecule has 0 aromatic heterocycles. The Hall–Kier alpha value is -2.32. The maximum atomic E-state index is 12.4. The van der Waals surface area contributed by atoms with Gasteiger partial charge in [0, 0.05) is 19.3 Å². The van der Waals surface area contributed by atoms with Crippen molar-refractivity contribution in [1.29, 1.82) is 0 Å². The van der Waals surface area contributed by atoms with Crippen LogP contribution in [0, 0.1) is 5.92 Å². The van der Waals surface area contributed by atoms with Crippen molar-refractivity contribution >= 4 is 25.5 Å². The first kappa shape index (κ1) is 47.7. The molecule has 0 aliphatic rings. The van der Waals surface area contributed by atoms with Crippen molar-refractivity contribution in [2.45, 2.75) is 168 Å². The Kier molecular flexibility index (Phi) is 32.2. The molecule has 50 heavy (non-hydrogen) atoms. The normalized spacial score (nSPS) is 13.0. The SMILES string of the molecule is CCCCC/C=C\C/C=C\C/C=C\C=C\C(=O)CCCC(=O)OC[C@H](COP(=O)(O)O)OC(=O)CCCCCCCCCCCCCC(C)C. The molecule has 0 aliphatic heterocycles. The standard InChI is InChI=1S/C40H69O9P/c1-4-5-6-7-8-9-10-11-14-17-20-23-26-30-37(41)31-28-33-39(42)47-34-38(35-48-50(44,45)46)49-40(43)32-27-24-21-18-15-12-13-16-19-22-25-29-36(2)3/h8-9,11,14,20,23,26,30,36,38H,4-7,10,12-13,15-19,21-22,24-25,27-29,31-35H2,1-3H3,(H2,44,45,46)/b9-8-,14-11-,23-20-,30-26+/t38-/m1/s1. The first-order valence-corrected chi connectivity index (χ1v) is 20.8. The van der Waals surface area contributed by atoms with Crippen molar-refractivity contribution in [3.63, 3.8) is 0 Å². The van der Waals surface area contributed by atoms with E-state index in [9.17, 15) is 18.9 Å². The molecular formula is C40H69O9P. The van der Waals surface area contributed by atoms with Crippen LogP contribution >= 0.6 is 7.82 Å². The fraction of sp³-hybridized carbons (Fsp3) is 0.725. The highest BCUT2D eigenvalue weighted by Gasteiger charge is 2.23. The number of carbonyl (C=O) groups is 3. The van der Waals surface area contributed by atoms with Crippen LogP contribution in [-0.4, -0.2) is 46.8 Å². The largest absolute Gasteiger partial charge is 0.469 e. The second-order valence-corrected chi connectivity index (χ2v) is 14.7. The van der Waals surface area contributed by atoms with Crippen LogP contribution in [0.2, 0.25) is 0 Å². The highest BCUT2D eigenvalue weighted by molar-refractivity contribution is 7.46. The van der Waals surface area contributed by atoms with Gasteiger partial charge < -0.3 is 19.3 Å². The molecule has 0 spiro atoms. The van der Waals surface area contributed by atoms with E-state index in [1.165, 1.54) is 76.7 Å². The number of phosphoric ester groups is 1. The molecule has 1 atom stereocenters. The summed E-state index contributed by atoms with van der Waals surface area (Å²) in [5.41, 5.74) is 0. The van der Waals surface area contributed by atoms with Crippen molar-refractivity contribution < 1.29 is 42.7 Å². The number of hydrogen-bond acceptors (Lipinski definition) is 7. The monoisotopic (exact) mass is 724 g/mol. The van der Waals surface area contributed by atoms with Gasteiger partial charge in [0.1, 0.15) is 6.61 Å². The lowest BCUT2D eigenvalue weighted by Crippen LogP contribution is -2.29. The lowest BCUT2D eigenvalue weighted by Gasteiger charge is -2.18. The van der Waals surface area contributed by atoms with E-state index < -0.39 is 39.1 Å². The van der Waals surface area contributed by atoms with Crippen LogP contribution in [0.4, 0.5) is 0 Å². The highest BCUT2D eigenvalue weighted by atomic mass is 31.2. The number of hydrogen-bond donors (Lipinski definition) is 2. The van der Waals surface area contributed by atoms with Gasteiger partial charge in [0.15, 0.2) is 11.9 Å². The molecule has 0 radical (unpaired) electrons.